The summed E-state index contributed by atoms with van der Waals surface area (Å²) in [6, 6.07) is 6.18. The van der Waals surface area contributed by atoms with Gasteiger partial charge in [0.15, 0.2) is 0 Å². The van der Waals surface area contributed by atoms with Gasteiger partial charge in [-0.3, -0.25) is 0 Å². The van der Waals surface area contributed by atoms with Crippen molar-refractivity contribution in [1.82, 2.24) is 5.32 Å². The van der Waals surface area contributed by atoms with E-state index in [1.807, 2.05) is 6.92 Å². The van der Waals surface area contributed by atoms with E-state index in [2.05, 4.69) is 11.4 Å². The van der Waals surface area contributed by atoms with Gasteiger partial charge in [-0.2, -0.15) is 5.26 Å². The van der Waals surface area contributed by atoms with Gasteiger partial charge in [0, 0.05) is 24.4 Å². The summed E-state index contributed by atoms with van der Waals surface area (Å²) >= 11 is 0. The van der Waals surface area contributed by atoms with Gasteiger partial charge < -0.3 is 19.5 Å². The molecule has 1 N–H and O–H groups in total. The van der Waals surface area contributed by atoms with Gasteiger partial charge in [0.1, 0.15) is 11.6 Å². The molecular weight excluding hydrogens is 351 g/mol. The van der Waals surface area contributed by atoms with Crippen molar-refractivity contribution < 1.29 is 23.4 Å². The van der Waals surface area contributed by atoms with E-state index in [1.54, 1.807) is 6.92 Å². The summed E-state index contributed by atoms with van der Waals surface area (Å²) in [4.78, 5) is 12.8. The molecule has 2 rings (SSSR count). The number of nitrogens with zero attached hydrogens (tertiary/aromatic N) is 1. The summed E-state index contributed by atoms with van der Waals surface area (Å²) in [6.45, 7) is 4.01. The number of carbonyl (C=O) groups is 1. The molecule has 1 unspecified atom stereocenters. The maximum Gasteiger partial charge on any atom is 0.336 e. The van der Waals surface area contributed by atoms with E-state index in [0.29, 0.717) is 29.0 Å². The van der Waals surface area contributed by atoms with Crippen LogP contribution >= 0.6 is 0 Å². The first-order valence-corrected chi connectivity index (χ1v) is 8.58. The molecule has 0 saturated heterocycles. The fourth-order valence-corrected chi connectivity index (χ4v) is 3.05. The number of nitrogens with one attached hydrogen (secondary N) is 1. The molecule has 144 valence electrons. The number of esters is 1. The van der Waals surface area contributed by atoms with Crippen molar-refractivity contribution in [2.75, 3.05) is 27.4 Å². The van der Waals surface area contributed by atoms with E-state index >= 15 is 0 Å². The minimum Gasteiger partial charge on any atom is -0.496 e. The van der Waals surface area contributed by atoms with Gasteiger partial charge in [0.25, 0.3) is 0 Å². The van der Waals surface area contributed by atoms with Crippen LogP contribution in [0.15, 0.2) is 40.7 Å². The Morgan fingerprint density at radius 1 is 1.37 bits per heavy atom. The van der Waals surface area contributed by atoms with Gasteiger partial charge >= 0.3 is 5.97 Å². The monoisotopic (exact) mass is 374 g/mol. The minimum absolute atomic E-state index is 0.132. The number of ether oxygens (including phenoxy) is 3. The Hall–Kier alpha value is -2.85. The minimum atomic E-state index is -0.749. The van der Waals surface area contributed by atoms with Crippen LogP contribution in [0.2, 0.25) is 0 Å². The molecule has 27 heavy (non-hydrogen) atoms. The third-order valence-corrected chi connectivity index (χ3v) is 4.22. The lowest BCUT2D eigenvalue weighted by Gasteiger charge is -2.30. The molecular formula is C20H23FN2O4. The zero-order valence-corrected chi connectivity index (χ0v) is 15.9. The molecule has 0 aliphatic carbocycles. The van der Waals surface area contributed by atoms with Crippen molar-refractivity contribution in [2.45, 2.75) is 26.2 Å². The standard InChI is InChI=1S/C20H23FN2O4/c1-5-8-27-20(24)19-16(11-25-3)23-12(2)15(10-22)18(19)14-7-6-13(21)9-17(14)26-4/h6-7,9,18,23H,5,8,11H2,1-4H3. The zero-order valence-electron chi connectivity index (χ0n) is 15.9. The summed E-state index contributed by atoms with van der Waals surface area (Å²) in [7, 11) is 2.92. The predicted octanol–water partition coefficient (Wildman–Crippen LogP) is 3.17. The highest BCUT2D eigenvalue weighted by Crippen LogP contribution is 2.42. The van der Waals surface area contributed by atoms with Crippen molar-refractivity contribution in [1.29, 1.82) is 5.26 Å². The Morgan fingerprint density at radius 3 is 2.70 bits per heavy atom. The van der Waals surface area contributed by atoms with Gasteiger partial charge in [0.05, 0.1) is 49.2 Å². The van der Waals surface area contributed by atoms with Crippen molar-refractivity contribution in [3.63, 3.8) is 0 Å². The number of rotatable bonds is 7. The Balaban J connectivity index is 2.70. The summed E-state index contributed by atoms with van der Waals surface area (Å²) in [6.07, 6.45) is 0.663. The number of halogens is 1. The number of methoxy groups -OCH3 is 2. The van der Waals surface area contributed by atoms with Crippen LogP contribution in [0.5, 0.6) is 5.75 Å². The maximum atomic E-state index is 13.7. The molecule has 1 aromatic carbocycles. The number of hydrogen-bond donors (Lipinski definition) is 1. The molecule has 0 saturated carbocycles. The second kappa shape index (κ2) is 9.19. The number of dihydropyridines is 1. The highest BCUT2D eigenvalue weighted by atomic mass is 19.1. The van der Waals surface area contributed by atoms with Crippen molar-refractivity contribution in [3.8, 4) is 11.8 Å². The molecule has 1 aromatic rings. The van der Waals surface area contributed by atoms with E-state index in [1.165, 1.54) is 32.4 Å². The van der Waals surface area contributed by atoms with E-state index in [0.717, 1.165) is 0 Å². The van der Waals surface area contributed by atoms with Crippen LogP contribution in [0, 0.1) is 17.1 Å². The molecule has 0 bridgehead atoms. The highest BCUT2D eigenvalue weighted by Gasteiger charge is 2.37. The second-order valence-corrected chi connectivity index (χ2v) is 6.06. The van der Waals surface area contributed by atoms with Gasteiger partial charge in [-0.15, -0.1) is 0 Å². The average Bonchev–Trinajstić information content (AvgIpc) is 2.65. The van der Waals surface area contributed by atoms with Crippen LogP contribution in [-0.4, -0.2) is 33.4 Å². The van der Waals surface area contributed by atoms with Crippen LogP contribution in [0.4, 0.5) is 4.39 Å². The fourth-order valence-electron chi connectivity index (χ4n) is 3.05. The number of carbonyl (C=O) groups excluding carboxylic acids is 1. The number of hydrogen-bond acceptors (Lipinski definition) is 6. The topological polar surface area (TPSA) is 80.6 Å². The first-order chi connectivity index (χ1) is 13.0. The first-order valence-electron chi connectivity index (χ1n) is 8.58. The Labute approximate surface area is 158 Å². The Morgan fingerprint density at radius 2 is 2.11 bits per heavy atom. The molecule has 0 fully saturated rings. The van der Waals surface area contributed by atoms with Crippen molar-refractivity contribution in [3.05, 3.63) is 52.1 Å². The summed E-state index contributed by atoms with van der Waals surface area (Å²) in [5.74, 6) is -1.52. The van der Waals surface area contributed by atoms with Crippen LogP contribution < -0.4 is 10.1 Å². The Bertz CT molecular complexity index is 824. The van der Waals surface area contributed by atoms with Gasteiger partial charge in [-0.1, -0.05) is 13.0 Å². The van der Waals surface area contributed by atoms with E-state index in [4.69, 9.17) is 14.2 Å². The highest BCUT2D eigenvalue weighted by molar-refractivity contribution is 5.93. The second-order valence-electron chi connectivity index (χ2n) is 6.06. The average molecular weight is 374 g/mol. The molecule has 0 amide bonds. The maximum absolute atomic E-state index is 13.7. The van der Waals surface area contributed by atoms with Crippen molar-refractivity contribution in [2.24, 2.45) is 0 Å². The Kier molecular flexibility index (Phi) is 6.97. The van der Waals surface area contributed by atoms with Crippen LogP contribution in [0.3, 0.4) is 0 Å². The predicted molar refractivity (Wildman–Crippen MR) is 97.3 cm³/mol. The molecule has 7 heteroatoms. The van der Waals surface area contributed by atoms with E-state index in [9.17, 15) is 14.4 Å². The summed E-state index contributed by atoms with van der Waals surface area (Å²) in [5, 5.41) is 12.8. The molecule has 1 aliphatic heterocycles. The fraction of sp³-hybridized carbons (Fsp3) is 0.400. The lowest BCUT2D eigenvalue weighted by atomic mass is 9.80. The molecule has 1 aliphatic rings. The normalized spacial score (nSPS) is 16.7. The zero-order chi connectivity index (χ0) is 20.0. The SMILES string of the molecule is CCCOC(=O)C1=C(COC)NC(C)=C(C#N)C1c1ccc(F)cc1OC. The molecule has 1 heterocycles. The van der Waals surface area contributed by atoms with E-state index < -0.39 is 17.7 Å². The first kappa shape index (κ1) is 20.5. The number of nitriles is 1. The third-order valence-electron chi connectivity index (χ3n) is 4.22. The molecule has 0 radical (unpaired) electrons. The van der Waals surface area contributed by atoms with E-state index in [-0.39, 0.29) is 24.5 Å². The smallest absolute Gasteiger partial charge is 0.336 e. The summed E-state index contributed by atoms with van der Waals surface area (Å²) < 4.78 is 29.6. The summed E-state index contributed by atoms with van der Waals surface area (Å²) in [5.41, 5.74) is 2.20. The van der Waals surface area contributed by atoms with Crippen LogP contribution in [0.1, 0.15) is 31.7 Å². The quantitative estimate of drug-likeness (QED) is 0.739. The number of allylic oxidation sites excluding steroid dienone is 2. The van der Waals surface area contributed by atoms with Crippen LogP contribution in [0.25, 0.3) is 0 Å². The lowest BCUT2D eigenvalue weighted by molar-refractivity contribution is -0.139. The van der Waals surface area contributed by atoms with Crippen LogP contribution in [-0.2, 0) is 14.3 Å². The largest absolute Gasteiger partial charge is 0.496 e. The molecule has 1 atom stereocenters. The van der Waals surface area contributed by atoms with Crippen molar-refractivity contribution >= 4 is 5.97 Å². The van der Waals surface area contributed by atoms with Gasteiger partial charge in [-0.05, 0) is 19.4 Å². The molecule has 0 spiro atoms. The van der Waals surface area contributed by atoms with Gasteiger partial charge in [-0.25, -0.2) is 9.18 Å². The third kappa shape index (κ3) is 4.29. The molecule has 6 nitrogen and oxygen atoms in total. The molecule has 0 aromatic heterocycles. The van der Waals surface area contributed by atoms with Gasteiger partial charge in [0.2, 0.25) is 0 Å². The lowest BCUT2D eigenvalue weighted by Crippen LogP contribution is -2.32. The number of benzene rings is 1.